The lowest BCUT2D eigenvalue weighted by molar-refractivity contribution is -0.130. The van der Waals surface area contributed by atoms with Crippen LogP contribution in [0.2, 0.25) is 5.02 Å². The number of carbonyl (C=O) groups is 2. The van der Waals surface area contributed by atoms with Crippen LogP contribution in [0.5, 0.6) is 5.75 Å². The number of nitrogens with zero attached hydrogens (tertiary/aromatic N) is 2. The van der Waals surface area contributed by atoms with E-state index in [-0.39, 0.29) is 18.2 Å². The molecule has 28 heavy (non-hydrogen) atoms. The quantitative estimate of drug-likeness (QED) is 0.806. The molecule has 1 atom stereocenters. The number of amides is 2. The smallest absolute Gasteiger partial charge is 0.233 e. The Morgan fingerprint density at radius 3 is 2.54 bits per heavy atom. The molecule has 0 unspecified atom stereocenters. The summed E-state index contributed by atoms with van der Waals surface area (Å²) in [6.45, 7) is 0.364. The maximum atomic E-state index is 12.8. The summed E-state index contributed by atoms with van der Waals surface area (Å²) in [5.74, 6) is 0.417. The van der Waals surface area contributed by atoms with Gasteiger partial charge in [-0.05, 0) is 42.0 Å². The first-order valence-corrected chi connectivity index (χ1v) is 9.91. The van der Waals surface area contributed by atoms with Crippen LogP contribution in [0.15, 0.2) is 53.5 Å². The molecule has 0 aromatic heterocycles. The third-order valence-electron chi connectivity index (χ3n) is 4.23. The molecule has 2 amide bonds. The third kappa shape index (κ3) is 4.85. The van der Waals surface area contributed by atoms with E-state index in [1.807, 2.05) is 24.3 Å². The van der Waals surface area contributed by atoms with Crippen molar-refractivity contribution in [2.24, 2.45) is 4.99 Å². The molecule has 3 rings (SSSR count). The van der Waals surface area contributed by atoms with E-state index >= 15 is 0 Å². The zero-order valence-electron chi connectivity index (χ0n) is 15.5. The fourth-order valence-electron chi connectivity index (χ4n) is 2.70. The highest BCUT2D eigenvalue weighted by Gasteiger charge is 2.35. The molecular formula is C20H20ClN3O3S. The van der Waals surface area contributed by atoms with E-state index in [2.05, 4.69) is 10.3 Å². The highest BCUT2D eigenvalue weighted by Crippen LogP contribution is 2.30. The van der Waals surface area contributed by atoms with Crippen molar-refractivity contribution in [3.63, 3.8) is 0 Å². The summed E-state index contributed by atoms with van der Waals surface area (Å²) in [5.41, 5.74) is 1.61. The number of hydrogen-bond acceptors (Lipinski definition) is 5. The van der Waals surface area contributed by atoms with E-state index in [1.165, 1.54) is 11.8 Å². The number of ether oxygens (including phenoxy) is 1. The van der Waals surface area contributed by atoms with Crippen molar-refractivity contribution in [3.05, 3.63) is 59.1 Å². The van der Waals surface area contributed by atoms with Gasteiger partial charge in [0.05, 0.1) is 24.6 Å². The first-order valence-electron chi connectivity index (χ1n) is 8.66. The molecule has 6 nitrogen and oxygen atoms in total. The molecule has 2 aromatic carbocycles. The van der Waals surface area contributed by atoms with E-state index in [9.17, 15) is 9.59 Å². The number of halogens is 1. The van der Waals surface area contributed by atoms with Crippen LogP contribution in [0.4, 0.5) is 5.69 Å². The van der Waals surface area contributed by atoms with Crippen molar-refractivity contribution in [2.75, 3.05) is 14.2 Å². The topological polar surface area (TPSA) is 71.0 Å². The molecule has 0 saturated carbocycles. The minimum atomic E-state index is -0.504. The Labute approximate surface area is 172 Å². The first-order chi connectivity index (χ1) is 13.5. The number of amidine groups is 1. The summed E-state index contributed by atoms with van der Waals surface area (Å²) in [6.07, 6.45) is 0.125. The predicted octanol–water partition coefficient (Wildman–Crippen LogP) is 3.62. The van der Waals surface area contributed by atoms with Crippen LogP contribution in [-0.2, 0) is 16.1 Å². The normalized spacial score (nSPS) is 18.2. The van der Waals surface area contributed by atoms with Crippen LogP contribution in [0.25, 0.3) is 0 Å². The minimum Gasteiger partial charge on any atom is -0.497 e. The molecule has 1 N–H and O–H groups in total. The number of nitrogens with one attached hydrogen (secondary N) is 1. The van der Waals surface area contributed by atoms with Gasteiger partial charge in [0.1, 0.15) is 5.75 Å². The van der Waals surface area contributed by atoms with Crippen molar-refractivity contribution in [1.29, 1.82) is 0 Å². The summed E-state index contributed by atoms with van der Waals surface area (Å²) < 4.78 is 5.18. The molecule has 0 bridgehead atoms. The molecule has 0 radical (unpaired) electrons. The molecule has 2 aromatic rings. The molecule has 8 heteroatoms. The summed E-state index contributed by atoms with van der Waals surface area (Å²) in [7, 11) is 3.17. The van der Waals surface area contributed by atoms with Gasteiger partial charge in [0.25, 0.3) is 0 Å². The largest absolute Gasteiger partial charge is 0.497 e. The third-order valence-corrected chi connectivity index (χ3v) is 5.67. The second kappa shape index (κ2) is 9.12. The van der Waals surface area contributed by atoms with Crippen molar-refractivity contribution < 1.29 is 14.3 Å². The first kappa shape index (κ1) is 20.2. The van der Waals surface area contributed by atoms with Crippen molar-refractivity contribution in [3.8, 4) is 5.75 Å². The van der Waals surface area contributed by atoms with E-state index < -0.39 is 5.25 Å². The maximum absolute atomic E-state index is 12.8. The van der Waals surface area contributed by atoms with Crippen LogP contribution in [0.1, 0.15) is 12.0 Å². The van der Waals surface area contributed by atoms with Gasteiger partial charge in [-0.1, -0.05) is 35.5 Å². The molecule has 0 aliphatic carbocycles. The number of benzene rings is 2. The van der Waals surface area contributed by atoms with Gasteiger partial charge in [-0.3, -0.25) is 14.5 Å². The van der Waals surface area contributed by atoms with Crippen LogP contribution in [0, 0.1) is 0 Å². The van der Waals surface area contributed by atoms with Crippen LogP contribution < -0.4 is 10.1 Å². The Kier molecular flexibility index (Phi) is 6.59. The lowest BCUT2D eigenvalue weighted by atomic mass is 10.2. The molecule has 1 aliphatic rings. The number of hydrogen-bond donors (Lipinski definition) is 1. The van der Waals surface area contributed by atoms with Crippen molar-refractivity contribution >= 4 is 46.0 Å². The Morgan fingerprint density at radius 1 is 1.25 bits per heavy atom. The highest BCUT2D eigenvalue weighted by molar-refractivity contribution is 8.15. The lowest BCUT2D eigenvalue weighted by Crippen LogP contribution is -2.45. The second-order valence-corrected chi connectivity index (χ2v) is 7.73. The Hall–Kier alpha value is -2.51. The number of rotatable bonds is 5. The predicted molar refractivity (Wildman–Crippen MR) is 112 cm³/mol. The molecule has 146 valence electrons. The monoisotopic (exact) mass is 417 g/mol. The molecule has 1 fully saturated rings. The fraction of sp³-hybridized carbons (Fsp3) is 0.250. The molecular weight excluding hydrogens is 398 g/mol. The fourth-order valence-corrected chi connectivity index (χ4v) is 3.98. The van der Waals surface area contributed by atoms with Gasteiger partial charge < -0.3 is 10.1 Å². The van der Waals surface area contributed by atoms with Gasteiger partial charge in [0, 0.05) is 18.5 Å². The van der Waals surface area contributed by atoms with E-state index in [0.717, 1.165) is 11.3 Å². The Balaban J connectivity index is 1.90. The van der Waals surface area contributed by atoms with Gasteiger partial charge in [0.2, 0.25) is 11.8 Å². The van der Waals surface area contributed by atoms with Gasteiger partial charge in [-0.15, -0.1) is 0 Å². The van der Waals surface area contributed by atoms with Crippen molar-refractivity contribution in [2.45, 2.75) is 18.2 Å². The average molecular weight is 418 g/mol. The maximum Gasteiger partial charge on any atom is 0.233 e. The Morgan fingerprint density at radius 2 is 1.93 bits per heavy atom. The van der Waals surface area contributed by atoms with Gasteiger partial charge >= 0.3 is 0 Å². The van der Waals surface area contributed by atoms with Crippen LogP contribution in [0.3, 0.4) is 0 Å². The van der Waals surface area contributed by atoms with Gasteiger partial charge in [-0.25, -0.2) is 4.99 Å². The van der Waals surface area contributed by atoms with E-state index in [4.69, 9.17) is 16.3 Å². The molecule has 1 aliphatic heterocycles. The van der Waals surface area contributed by atoms with Crippen LogP contribution in [-0.4, -0.2) is 41.3 Å². The second-order valence-electron chi connectivity index (χ2n) is 6.12. The summed E-state index contributed by atoms with van der Waals surface area (Å²) in [5, 5.41) is 3.20. The number of thioether (sulfide) groups is 1. The number of aliphatic imine (C=N–C) groups is 1. The molecule has 1 heterocycles. The molecule has 0 spiro atoms. The zero-order chi connectivity index (χ0) is 20.1. The van der Waals surface area contributed by atoms with E-state index in [0.29, 0.717) is 22.4 Å². The summed E-state index contributed by atoms with van der Waals surface area (Å²) in [4.78, 5) is 31.1. The van der Waals surface area contributed by atoms with Crippen LogP contribution >= 0.6 is 23.4 Å². The highest BCUT2D eigenvalue weighted by atomic mass is 35.5. The molecule has 1 saturated heterocycles. The minimum absolute atomic E-state index is 0.125. The summed E-state index contributed by atoms with van der Waals surface area (Å²) in [6, 6.07) is 14.5. The standard InChI is InChI=1S/C20H20ClN3O3S/c1-22-19(26)17-11-18(25)24(12-13-3-9-16(27-2)10-4-13)20(28-17)23-15-7-5-14(21)6-8-15/h3-10,17H,11-12H2,1-2H3,(H,22,26)/t17-/m0/s1. The zero-order valence-corrected chi connectivity index (χ0v) is 17.1. The van der Waals surface area contributed by atoms with Crippen molar-refractivity contribution in [1.82, 2.24) is 10.2 Å². The SMILES string of the molecule is CNC(=O)[C@@H]1CC(=O)N(Cc2ccc(OC)cc2)C(=Nc2ccc(Cl)cc2)S1. The average Bonchev–Trinajstić information content (AvgIpc) is 2.71. The lowest BCUT2D eigenvalue weighted by Gasteiger charge is -2.31. The van der Waals surface area contributed by atoms with Gasteiger partial charge in [-0.2, -0.15) is 0 Å². The number of methoxy groups -OCH3 is 1. The van der Waals surface area contributed by atoms with E-state index in [1.54, 1.807) is 43.3 Å². The Bertz CT molecular complexity index is 885. The number of carbonyl (C=O) groups excluding carboxylic acids is 2. The summed E-state index contributed by atoms with van der Waals surface area (Å²) >= 11 is 7.23. The van der Waals surface area contributed by atoms with Gasteiger partial charge in [0.15, 0.2) is 5.17 Å².